The van der Waals surface area contributed by atoms with Gasteiger partial charge in [-0.25, -0.2) is 4.39 Å². The van der Waals surface area contributed by atoms with E-state index in [1.807, 2.05) is 7.05 Å². The topological polar surface area (TPSA) is 75.5 Å². The lowest BCUT2D eigenvalue weighted by Crippen LogP contribution is -2.38. The fourth-order valence-corrected chi connectivity index (χ4v) is 2.56. The number of likely N-dealkylation sites (tertiary alicyclic amines) is 1. The quantitative estimate of drug-likeness (QED) is 0.679. The zero-order valence-corrected chi connectivity index (χ0v) is 12.1. The van der Waals surface area contributed by atoms with Gasteiger partial charge in [0.05, 0.1) is 10.5 Å². The summed E-state index contributed by atoms with van der Waals surface area (Å²) < 4.78 is 14.0. The number of benzene rings is 1. The van der Waals surface area contributed by atoms with Crippen LogP contribution < -0.4 is 5.32 Å². The molecule has 1 aromatic carbocycles. The van der Waals surface area contributed by atoms with E-state index in [0.29, 0.717) is 6.54 Å². The smallest absolute Gasteiger partial charge is 0.270 e. The monoisotopic (exact) mass is 295 g/mol. The largest absolute Gasteiger partial charge is 0.350 e. The van der Waals surface area contributed by atoms with Gasteiger partial charge in [-0.05, 0) is 38.9 Å². The van der Waals surface area contributed by atoms with Crippen molar-refractivity contribution in [3.8, 4) is 0 Å². The Kier molecular flexibility index (Phi) is 4.52. The third kappa shape index (κ3) is 3.36. The molecule has 0 saturated carbocycles. The Balaban J connectivity index is 2.13. The molecule has 1 N–H and O–H groups in total. The van der Waals surface area contributed by atoms with E-state index >= 15 is 0 Å². The maximum atomic E-state index is 14.0. The highest BCUT2D eigenvalue weighted by Crippen LogP contribution is 2.21. The van der Waals surface area contributed by atoms with Crippen LogP contribution in [0.3, 0.4) is 0 Å². The molecule has 0 aliphatic carbocycles. The van der Waals surface area contributed by atoms with Crippen LogP contribution in [0, 0.1) is 22.9 Å². The molecular formula is C14H18FN3O3. The van der Waals surface area contributed by atoms with E-state index in [4.69, 9.17) is 0 Å². The molecule has 1 aromatic rings. The Labute approximate surface area is 122 Å². The second-order valence-electron chi connectivity index (χ2n) is 5.37. The Bertz CT molecular complexity index is 577. The number of nitro benzene ring substituents is 1. The Morgan fingerprint density at radius 2 is 2.29 bits per heavy atom. The second-order valence-corrected chi connectivity index (χ2v) is 5.37. The predicted octanol–water partition coefficient (Wildman–Crippen LogP) is 1.87. The molecule has 1 heterocycles. The lowest BCUT2D eigenvalue weighted by molar-refractivity contribution is -0.385. The van der Waals surface area contributed by atoms with Gasteiger partial charge >= 0.3 is 0 Å². The number of nitrogens with zero attached hydrogens (tertiary/aromatic N) is 2. The van der Waals surface area contributed by atoms with Gasteiger partial charge in [-0.2, -0.15) is 0 Å². The molecule has 0 radical (unpaired) electrons. The second kappa shape index (κ2) is 6.17. The first-order valence-electron chi connectivity index (χ1n) is 6.83. The van der Waals surface area contributed by atoms with E-state index in [1.54, 1.807) is 0 Å². The standard InChI is InChI=1S/C14H18FN3O3/c1-9-6-11(18(20)21)7-12(13(9)15)14(19)16-8-10-4-3-5-17(10)2/h6-7,10H,3-5,8H2,1-2H3,(H,16,19). The van der Waals surface area contributed by atoms with Crippen LogP contribution in [-0.2, 0) is 0 Å². The molecule has 7 heteroatoms. The lowest BCUT2D eigenvalue weighted by atomic mass is 10.1. The highest BCUT2D eigenvalue weighted by atomic mass is 19.1. The van der Waals surface area contributed by atoms with Crippen molar-refractivity contribution in [3.63, 3.8) is 0 Å². The molecule has 1 aliphatic rings. The van der Waals surface area contributed by atoms with E-state index < -0.39 is 16.6 Å². The molecule has 0 aromatic heterocycles. The van der Waals surface area contributed by atoms with Gasteiger partial charge in [0.2, 0.25) is 0 Å². The van der Waals surface area contributed by atoms with Crippen molar-refractivity contribution in [2.45, 2.75) is 25.8 Å². The first kappa shape index (κ1) is 15.4. The molecule has 1 amide bonds. The Hall–Kier alpha value is -2.02. The summed E-state index contributed by atoms with van der Waals surface area (Å²) in [5.41, 5.74) is -0.466. The van der Waals surface area contributed by atoms with Gasteiger partial charge in [0.25, 0.3) is 11.6 Å². The Morgan fingerprint density at radius 3 is 2.86 bits per heavy atom. The van der Waals surface area contributed by atoms with Crippen LogP contribution in [0.4, 0.5) is 10.1 Å². The van der Waals surface area contributed by atoms with Gasteiger partial charge in [-0.15, -0.1) is 0 Å². The van der Waals surface area contributed by atoms with Crippen LogP contribution in [0.25, 0.3) is 0 Å². The van der Waals surface area contributed by atoms with Crippen molar-refractivity contribution in [2.75, 3.05) is 20.1 Å². The molecule has 6 nitrogen and oxygen atoms in total. The number of hydrogen-bond acceptors (Lipinski definition) is 4. The van der Waals surface area contributed by atoms with Gasteiger partial charge in [0.1, 0.15) is 5.82 Å². The SMILES string of the molecule is Cc1cc([N+](=O)[O-])cc(C(=O)NCC2CCCN2C)c1F. The highest BCUT2D eigenvalue weighted by Gasteiger charge is 2.23. The molecular weight excluding hydrogens is 277 g/mol. The van der Waals surface area contributed by atoms with Crippen LogP contribution in [0.5, 0.6) is 0 Å². The summed E-state index contributed by atoms with van der Waals surface area (Å²) in [5.74, 6) is -1.32. The molecule has 1 saturated heterocycles. The normalized spacial score (nSPS) is 18.7. The number of amides is 1. The van der Waals surface area contributed by atoms with E-state index in [2.05, 4.69) is 10.2 Å². The van der Waals surface area contributed by atoms with Gasteiger partial charge in [-0.1, -0.05) is 0 Å². The van der Waals surface area contributed by atoms with E-state index in [1.165, 1.54) is 6.92 Å². The fourth-order valence-electron chi connectivity index (χ4n) is 2.56. The average Bonchev–Trinajstić information content (AvgIpc) is 2.84. The number of carbonyl (C=O) groups excluding carboxylic acids is 1. The summed E-state index contributed by atoms with van der Waals surface area (Å²) in [5, 5.41) is 13.5. The van der Waals surface area contributed by atoms with Crippen molar-refractivity contribution in [3.05, 3.63) is 39.2 Å². The summed E-state index contributed by atoms with van der Waals surface area (Å²) in [6, 6.07) is 2.34. The van der Waals surface area contributed by atoms with Gasteiger partial charge < -0.3 is 10.2 Å². The molecule has 1 atom stereocenters. The maximum Gasteiger partial charge on any atom is 0.270 e. The van der Waals surface area contributed by atoms with Crippen molar-refractivity contribution in [2.24, 2.45) is 0 Å². The number of rotatable bonds is 4. The highest BCUT2D eigenvalue weighted by molar-refractivity contribution is 5.95. The Morgan fingerprint density at radius 1 is 1.57 bits per heavy atom. The van der Waals surface area contributed by atoms with E-state index in [0.717, 1.165) is 31.5 Å². The molecule has 21 heavy (non-hydrogen) atoms. The fraction of sp³-hybridized carbons (Fsp3) is 0.500. The van der Waals surface area contributed by atoms with Crippen molar-refractivity contribution in [1.29, 1.82) is 0 Å². The number of likely N-dealkylation sites (N-methyl/N-ethyl adjacent to an activating group) is 1. The van der Waals surface area contributed by atoms with E-state index in [-0.39, 0.29) is 22.9 Å². The third-order valence-electron chi connectivity index (χ3n) is 3.86. The van der Waals surface area contributed by atoms with Gasteiger partial charge in [-0.3, -0.25) is 14.9 Å². The van der Waals surface area contributed by atoms with Crippen molar-refractivity contribution >= 4 is 11.6 Å². The molecule has 0 bridgehead atoms. The van der Waals surface area contributed by atoms with Crippen LogP contribution in [0.2, 0.25) is 0 Å². The van der Waals surface area contributed by atoms with Crippen LogP contribution >= 0.6 is 0 Å². The zero-order chi connectivity index (χ0) is 15.6. The molecule has 1 fully saturated rings. The van der Waals surface area contributed by atoms with Crippen molar-refractivity contribution < 1.29 is 14.1 Å². The number of non-ortho nitro benzene ring substituents is 1. The minimum Gasteiger partial charge on any atom is -0.350 e. The summed E-state index contributed by atoms with van der Waals surface area (Å²) in [6.45, 7) is 2.80. The van der Waals surface area contributed by atoms with Gasteiger partial charge in [0.15, 0.2) is 0 Å². The number of aryl methyl sites for hydroxylation is 1. The lowest BCUT2D eigenvalue weighted by Gasteiger charge is -2.19. The van der Waals surface area contributed by atoms with E-state index in [9.17, 15) is 19.3 Å². The van der Waals surface area contributed by atoms with Crippen LogP contribution in [0.1, 0.15) is 28.8 Å². The summed E-state index contributed by atoms with van der Waals surface area (Å²) in [4.78, 5) is 24.4. The zero-order valence-electron chi connectivity index (χ0n) is 12.1. The van der Waals surface area contributed by atoms with Crippen molar-refractivity contribution in [1.82, 2.24) is 10.2 Å². The minimum atomic E-state index is -0.710. The summed E-state index contributed by atoms with van der Waals surface area (Å²) in [6.07, 6.45) is 2.05. The van der Waals surface area contributed by atoms with Crippen LogP contribution in [-0.4, -0.2) is 41.9 Å². The predicted molar refractivity (Wildman–Crippen MR) is 75.8 cm³/mol. The molecule has 114 valence electrons. The number of halogens is 1. The molecule has 0 spiro atoms. The number of nitrogens with one attached hydrogen (secondary N) is 1. The van der Waals surface area contributed by atoms with Crippen LogP contribution in [0.15, 0.2) is 12.1 Å². The maximum absolute atomic E-state index is 14.0. The van der Waals surface area contributed by atoms with Gasteiger partial charge in [0, 0.05) is 24.7 Å². The summed E-state index contributed by atoms with van der Waals surface area (Å²) >= 11 is 0. The molecule has 1 aliphatic heterocycles. The summed E-state index contributed by atoms with van der Waals surface area (Å²) in [7, 11) is 1.97. The number of nitro groups is 1. The average molecular weight is 295 g/mol. The molecule has 1 unspecified atom stereocenters. The number of hydrogen-bond donors (Lipinski definition) is 1. The minimum absolute atomic E-state index is 0.0901. The number of carbonyl (C=O) groups is 1. The first-order chi connectivity index (χ1) is 9.90. The third-order valence-corrected chi connectivity index (χ3v) is 3.86. The molecule has 2 rings (SSSR count). The first-order valence-corrected chi connectivity index (χ1v) is 6.83.